The Morgan fingerprint density at radius 1 is 0.862 bits per heavy atom. The monoisotopic (exact) mass is 410 g/mol. The zero-order chi connectivity index (χ0) is 20.8. The fourth-order valence-electron chi connectivity index (χ4n) is 3.57. The quantitative estimate of drug-likeness (QED) is 0.708. The molecule has 0 aromatic heterocycles. The molecule has 1 aliphatic heterocycles. The van der Waals surface area contributed by atoms with E-state index >= 15 is 0 Å². The van der Waals surface area contributed by atoms with Crippen molar-refractivity contribution in [3.8, 4) is 33.8 Å². The van der Waals surface area contributed by atoms with Crippen molar-refractivity contribution >= 4 is 15.7 Å². The van der Waals surface area contributed by atoms with Crippen molar-refractivity contribution < 1.29 is 17.9 Å². The average molecular weight is 410 g/mol. The minimum atomic E-state index is -3.74. The third kappa shape index (κ3) is 3.66. The molecule has 0 aliphatic carbocycles. The molecule has 1 aliphatic rings. The molecular weight excluding hydrogens is 388 g/mol. The van der Waals surface area contributed by atoms with Crippen molar-refractivity contribution in [3.63, 3.8) is 0 Å². The Morgan fingerprint density at radius 3 is 1.93 bits per heavy atom. The Labute approximate surface area is 170 Å². The Kier molecular flexibility index (Phi) is 4.72. The van der Waals surface area contributed by atoms with Gasteiger partial charge >= 0.3 is 0 Å². The van der Waals surface area contributed by atoms with Crippen molar-refractivity contribution in [2.45, 2.75) is 11.8 Å². The first-order chi connectivity index (χ1) is 13.7. The lowest BCUT2D eigenvalue weighted by Crippen LogP contribution is -2.11. The highest BCUT2D eigenvalue weighted by Crippen LogP contribution is 2.43. The summed E-state index contributed by atoms with van der Waals surface area (Å²) in [6.07, 6.45) is 0. The lowest BCUT2D eigenvalue weighted by molar-refractivity contribution is 0.174. The van der Waals surface area contributed by atoms with Crippen LogP contribution in [-0.2, 0) is 10.0 Å². The first-order valence-corrected chi connectivity index (χ1v) is 10.6. The van der Waals surface area contributed by atoms with Crippen LogP contribution in [0, 0.1) is 6.92 Å². The summed E-state index contributed by atoms with van der Waals surface area (Å²) >= 11 is 0. The molecule has 150 valence electrons. The molecule has 0 saturated carbocycles. The van der Waals surface area contributed by atoms with Gasteiger partial charge in [-0.1, -0.05) is 18.2 Å². The lowest BCUT2D eigenvalue weighted by Gasteiger charge is -2.18. The minimum absolute atomic E-state index is 0.0784. The Hall–Kier alpha value is -3.03. The number of ether oxygens (including phenoxy) is 2. The molecule has 1 heterocycles. The van der Waals surface area contributed by atoms with E-state index in [-0.39, 0.29) is 11.7 Å². The SMILES string of the molecule is Cc1cc(-c2cc3c(cc2-c2ccc(S(N)(=O)=O)cc2)OCO3)ccc1N(C)C. The van der Waals surface area contributed by atoms with Crippen molar-refractivity contribution in [1.82, 2.24) is 0 Å². The second kappa shape index (κ2) is 7.09. The summed E-state index contributed by atoms with van der Waals surface area (Å²) in [5.74, 6) is 1.36. The van der Waals surface area contributed by atoms with Gasteiger partial charge in [-0.05, 0) is 71.1 Å². The van der Waals surface area contributed by atoms with Crippen LogP contribution in [0.2, 0.25) is 0 Å². The summed E-state index contributed by atoms with van der Waals surface area (Å²) in [6.45, 7) is 2.26. The molecule has 3 aromatic rings. The van der Waals surface area contributed by atoms with E-state index < -0.39 is 10.0 Å². The summed E-state index contributed by atoms with van der Waals surface area (Å²) in [4.78, 5) is 2.15. The van der Waals surface area contributed by atoms with Gasteiger partial charge in [0.2, 0.25) is 16.8 Å². The average Bonchev–Trinajstić information content (AvgIpc) is 3.13. The van der Waals surface area contributed by atoms with E-state index in [1.807, 2.05) is 26.2 Å². The van der Waals surface area contributed by atoms with E-state index in [0.29, 0.717) is 11.5 Å². The molecule has 0 radical (unpaired) electrons. The zero-order valence-electron chi connectivity index (χ0n) is 16.5. The maximum atomic E-state index is 11.6. The standard InChI is InChI=1S/C22H22N2O4S/c1-14-10-16(6-9-20(14)24(2)3)19-12-22-21(27-13-28-22)11-18(19)15-4-7-17(8-5-15)29(23,25)26/h4-12H,13H2,1-3H3,(H2,23,25,26). The van der Waals surface area contributed by atoms with Crippen molar-refractivity contribution in [1.29, 1.82) is 0 Å². The summed E-state index contributed by atoms with van der Waals surface area (Å²) in [5, 5.41) is 5.23. The van der Waals surface area contributed by atoms with Gasteiger partial charge in [-0.3, -0.25) is 0 Å². The second-order valence-corrected chi connectivity index (χ2v) is 8.78. The van der Waals surface area contributed by atoms with Gasteiger partial charge in [-0.25, -0.2) is 13.6 Å². The Bertz CT molecular complexity index is 1190. The molecule has 0 unspecified atom stereocenters. The molecule has 0 bridgehead atoms. The van der Waals surface area contributed by atoms with Crippen molar-refractivity contribution in [3.05, 3.63) is 60.2 Å². The van der Waals surface area contributed by atoms with E-state index in [4.69, 9.17) is 14.6 Å². The van der Waals surface area contributed by atoms with Crippen LogP contribution < -0.4 is 19.5 Å². The van der Waals surface area contributed by atoms with Crippen LogP contribution in [0.5, 0.6) is 11.5 Å². The van der Waals surface area contributed by atoms with Gasteiger partial charge in [0, 0.05) is 19.8 Å². The zero-order valence-corrected chi connectivity index (χ0v) is 17.3. The molecule has 0 saturated heterocycles. The van der Waals surface area contributed by atoms with Gasteiger partial charge in [0.1, 0.15) is 0 Å². The van der Waals surface area contributed by atoms with E-state index in [1.54, 1.807) is 12.1 Å². The summed E-state index contributed by atoms with van der Waals surface area (Å²) in [6, 6.07) is 16.7. The maximum Gasteiger partial charge on any atom is 0.238 e. The van der Waals surface area contributed by atoms with Crippen molar-refractivity contribution in [2.24, 2.45) is 5.14 Å². The van der Waals surface area contributed by atoms with Gasteiger partial charge in [0.15, 0.2) is 11.5 Å². The van der Waals surface area contributed by atoms with Crippen LogP contribution >= 0.6 is 0 Å². The number of hydrogen-bond donors (Lipinski definition) is 1. The van der Waals surface area contributed by atoms with Crippen LogP contribution in [0.4, 0.5) is 5.69 Å². The number of primary sulfonamides is 1. The number of fused-ring (bicyclic) bond motifs is 1. The molecule has 4 rings (SSSR count). The molecule has 6 nitrogen and oxygen atoms in total. The van der Waals surface area contributed by atoms with Crippen LogP contribution in [0.1, 0.15) is 5.56 Å². The number of rotatable bonds is 4. The molecule has 3 aromatic carbocycles. The molecule has 2 N–H and O–H groups in total. The lowest BCUT2D eigenvalue weighted by atomic mass is 9.92. The van der Waals surface area contributed by atoms with Crippen LogP contribution in [-0.4, -0.2) is 29.3 Å². The van der Waals surface area contributed by atoms with Gasteiger partial charge in [0.25, 0.3) is 0 Å². The normalized spacial score (nSPS) is 12.8. The predicted octanol–water partition coefficient (Wildman–Crippen LogP) is 3.77. The molecule has 7 heteroatoms. The second-order valence-electron chi connectivity index (χ2n) is 7.22. The fourth-order valence-corrected chi connectivity index (χ4v) is 4.08. The Morgan fingerprint density at radius 2 is 1.41 bits per heavy atom. The van der Waals surface area contributed by atoms with Gasteiger partial charge in [-0.2, -0.15) is 0 Å². The van der Waals surface area contributed by atoms with Crippen molar-refractivity contribution in [2.75, 3.05) is 25.8 Å². The third-order valence-corrected chi connectivity index (χ3v) is 5.93. The van der Waals surface area contributed by atoms with E-state index in [1.165, 1.54) is 12.1 Å². The predicted molar refractivity (Wildman–Crippen MR) is 114 cm³/mol. The van der Waals surface area contributed by atoms with Gasteiger partial charge in [-0.15, -0.1) is 0 Å². The van der Waals surface area contributed by atoms with Crippen LogP contribution in [0.25, 0.3) is 22.3 Å². The smallest absolute Gasteiger partial charge is 0.238 e. The number of nitrogens with two attached hydrogens (primary N) is 1. The number of benzene rings is 3. The Balaban J connectivity index is 1.87. The number of sulfonamides is 1. The highest BCUT2D eigenvalue weighted by atomic mass is 32.2. The maximum absolute atomic E-state index is 11.6. The highest BCUT2D eigenvalue weighted by molar-refractivity contribution is 7.89. The van der Waals surface area contributed by atoms with E-state index in [2.05, 4.69) is 30.0 Å². The van der Waals surface area contributed by atoms with Gasteiger partial charge < -0.3 is 14.4 Å². The minimum Gasteiger partial charge on any atom is -0.454 e. The number of anilines is 1. The first-order valence-electron chi connectivity index (χ1n) is 9.09. The summed E-state index contributed by atoms with van der Waals surface area (Å²) in [5.41, 5.74) is 6.10. The van der Waals surface area contributed by atoms with E-state index in [0.717, 1.165) is 33.5 Å². The van der Waals surface area contributed by atoms with Crippen LogP contribution in [0.3, 0.4) is 0 Å². The third-order valence-electron chi connectivity index (χ3n) is 5.00. The van der Waals surface area contributed by atoms with Gasteiger partial charge in [0.05, 0.1) is 4.90 Å². The highest BCUT2D eigenvalue weighted by Gasteiger charge is 2.20. The molecule has 0 amide bonds. The number of aryl methyl sites for hydroxylation is 1. The molecule has 29 heavy (non-hydrogen) atoms. The summed E-state index contributed by atoms with van der Waals surface area (Å²) in [7, 11) is 0.288. The molecule has 0 atom stereocenters. The fraction of sp³-hybridized carbons (Fsp3) is 0.182. The molecule has 0 fully saturated rings. The topological polar surface area (TPSA) is 81.9 Å². The number of nitrogens with zero attached hydrogens (tertiary/aromatic N) is 1. The largest absolute Gasteiger partial charge is 0.454 e. The van der Waals surface area contributed by atoms with Crippen LogP contribution in [0.15, 0.2) is 59.5 Å². The summed E-state index contributed by atoms with van der Waals surface area (Å²) < 4.78 is 34.3. The first kappa shape index (κ1) is 19.3. The molecular formula is C22H22N2O4S. The molecule has 0 spiro atoms. The van der Waals surface area contributed by atoms with E-state index in [9.17, 15) is 8.42 Å². The number of hydrogen-bond acceptors (Lipinski definition) is 5.